The summed E-state index contributed by atoms with van der Waals surface area (Å²) in [4.78, 5) is 38.0. The number of methoxy groups -OCH3 is 1. The Labute approximate surface area is 329 Å². The number of hydrogen-bond donors (Lipinski definition) is 4. The number of rotatable bonds is 11. The summed E-state index contributed by atoms with van der Waals surface area (Å²) < 4.78 is 112. The number of benzene rings is 3. The highest BCUT2D eigenvalue weighted by Gasteiger charge is 2.54. The molecule has 2 fully saturated rings. The Hall–Kier alpha value is -4.91. The summed E-state index contributed by atoms with van der Waals surface area (Å²) in [5, 5.41) is 27.1. The molecule has 3 aromatic carbocycles. The Bertz CT molecular complexity index is 1820. The van der Waals surface area contributed by atoms with E-state index in [0.29, 0.717) is 11.1 Å². The lowest BCUT2D eigenvalue weighted by Crippen LogP contribution is -2.64. The lowest BCUT2D eigenvalue weighted by molar-refractivity contribution is -0.196. The standard InChI is InChI=1S/C40H44F6N2O10/c1-21-32(55-19-23-12-8-6-9-13-23)37(3,47-35(52)39(41,42)43)17-27(57-21)25-16-26(31(50)29(30(25)49)34(51)54-5)28-18-38(4,48-36(53)40(44,45)46)33(22(2)58-28)56-20-24-14-10-7-11-15-24/h6-16,21-22,27-28,32-33,49-50H,17-20H2,1-5H3,(H,47,52)(H,48,53)/t21?,22?,27-,28-,32+,33+,37+,38+/m0/s1. The van der Waals surface area contributed by atoms with Gasteiger partial charge >= 0.3 is 30.1 Å². The van der Waals surface area contributed by atoms with Crippen molar-refractivity contribution in [1.82, 2.24) is 10.6 Å². The van der Waals surface area contributed by atoms with Crippen molar-refractivity contribution in [1.29, 1.82) is 0 Å². The van der Waals surface area contributed by atoms with Gasteiger partial charge in [-0.1, -0.05) is 60.7 Å². The number of carbonyl (C=O) groups is 3. The molecule has 3 aromatic rings. The van der Waals surface area contributed by atoms with Crippen molar-refractivity contribution < 1.29 is 74.6 Å². The van der Waals surface area contributed by atoms with Crippen molar-refractivity contribution in [3.8, 4) is 11.5 Å². The first-order chi connectivity index (χ1) is 27.1. The van der Waals surface area contributed by atoms with Crippen LogP contribution in [0.25, 0.3) is 0 Å². The van der Waals surface area contributed by atoms with E-state index in [1.807, 2.05) is 10.6 Å². The Morgan fingerprint density at radius 1 is 0.707 bits per heavy atom. The molecule has 0 bridgehead atoms. The Morgan fingerprint density at radius 3 is 1.40 bits per heavy atom. The molecule has 2 aliphatic rings. The number of carbonyl (C=O) groups excluding carboxylic acids is 3. The molecular formula is C40H44F6N2O10. The van der Waals surface area contributed by atoms with Crippen molar-refractivity contribution >= 4 is 17.8 Å². The number of phenolic OH excluding ortho intramolecular Hbond substituents is 2. The number of hydrogen-bond acceptors (Lipinski definition) is 10. The van der Waals surface area contributed by atoms with Gasteiger partial charge in [0.15, 0.2) is 0 Å². The van der Waals surface area contributed by atoms with Crippen molar-refractivity contribution in [2.75, 3.05) is 7.11 Å². The SMILES string of the molecule is COC(=O)c1c(O)c([C@@H]2C[C@@](C)(NC(=O)C(F)(F)F)[C@H](OCc3ccccc3)C(C)O2)cc([C@@H]2C[C@@](C)(NC(=O)C(F)(F)F)[C@H](OCc3ccccc3)C(C)O2)c1O. The minimum absolute atomic E-state index is 0.0840. The molecule has 18 heteroatoms. The summed E-state index contributed by atoms with van der Waals surface area (Å²) in [5.41, 5.74) is -3.72. The average Bonchev–Trinajstić information content (AvgIpc) is 3.14. The molecule has 8 atom stereocenters. The number of nitrogens with one attached hydrogen (secondary N) is 2. The number of ether oxygens (including phenoxy) is 5. The monoisotopic (exact) mass is 826 g/mol. The van der Waals surface area contributed by atoms with Gasteiger partial charge in [-0.15, -0.1) is 0 Å². The highest BCUT2D eigenvalue weighted by atomic mass is 19.4. The number of halogens is 6. The van der Waals surface area contributed by atoms with E-state index in [4.69, 9.17) is 23.7 Å². The molecule has 0 aromatic heterocycles. The molecule has 0 spiro atoms. The zero-order chi connectivity index (χ0) is 42.8. The van der Waals surface area contributed by atoms with Gasteiger partial charge in [0.2, 0.25) is 0 Å². The van der Waals surface area contributed by atoms with Crippen molar-refractivity contribution in [2.24, 2.45) is 0 Å². The molecule has 12 nitrogen and oxygen atoms in total. The molecule has 0 aliphatic carbocycles. The van der Waals surface area contributed by atoms with Gasteiger partial charge in [-0.05, 0) is 44.9 Å². The van der Waals surface area contributed by atoms with E-state index in [9.17, 15) is 50.9 Å². The number of amides is 2. The van der Waals surface area contributed by atoms with Gasteiger partial charge in [0.25, 0.3) is 0 Å². The van der Waals surface area contributed by atoms with Crippen LogP contribution >= 0.6 is 0 Å². The molecular weight excluding hydrogens is 782 g/mol. The summed E-state index contributed by atoms with van der Waals surface area (Å²) in [5.74, 6) is -7.61. The minimum atomic E-state index is -5.30. The largest absolute Gasteiger partial charge is 0.507 e. The predicted molar refractivity (Wildman–Crippen MR) is 192 cm³/mol. The van der Waals surface area contributed by atoms with Gasteiger partial charge in [-0.2, -0.15) is 26.3 Å². The first-order valence-corrected chi connectivity index (χ1v) is 18.2. The fraction of sp³-hybridized carbons (Fsp3) is 0.475. The predicted octanol–water partition coefficient (Wildman–Crippen LogP) is 6.63. The summed E-state index contributed by atoms with van der Waals surface area (Å²) in [7, 11) is 0.947. The zero-order valence-electron chi connectivity index (χ0n) is 32.1. The van der Waals surface area contributed by atoms with Crippen molar-refractivity contribution in [2.45, 2.75) is 114 Å². The molecule has 5 rings (SSSR count). The average molecular weight is 827 g/mol. The summed E-state index contributed by atoms with van der Waals surface area (Å²) in [6, 6.07) is 18.4. The topological polar surface area (TPSA) is 162 Å². The third-order valence-corrected chi connectivity index (χ3v) is 10.4. The second kappa shape index (κ2) is 17.1. The van der Waals surface area contributed by atoms with E-state index in [-0.39, 0.29) is 24.3 Å². The lowest BCUT2D eigenvalue weighted by atomic mass is 9.78. The van der Waals surface area contributed by atoms with E-state index in [0.717, 1.165) is 13.2 Å². The maximum absolute atomic E-state index is 13.7. The molecule has 316 valence electrons. The van der Waals surface area contributed by atoms with E-state index in [2.05, 4.69) is 0 Å². The van der Waals surface area contributed by atoms with Gasteiger partial charge in [0.1, 0.15) is 29.3 Å². The van der Waals surface area contributed by atoms with Gasteiger partial charge in [-0.25, -0.2) is 4.79 Å². The van der Waals surface area contributed by atoms with Crippen LogP contribution in [-0.4, -0.2) is 83.0 Å². The molecule has 58 heavy (non-hydrogen) atoms. The van der Waals surface area contributed by atoms with Crippen molar-refractivity contribution in [3.05, 3.63) is 94.5 Å². The highest BCUT2D eigenvalue weighted by molar-refractivity contribution is 5.96. The first kappa shape index (κ1) is 44.2. The van der Waals surface area contributed by atoms with E-state index in [1.54, 1.807) is 60.7 Å². The van der Waals surface area contributed by atoms with E-state index >= 15 is 0 Å². The Kier molecular flexibility index (Phi) is 13.1. The normalized spacial score (nSPS) is 27.7. The highest BCUT2D eigenvalue weighted by Crippen LogP contribution is 2.50. The first-order valence-electron chi connectivity index (χ1n) is 18.2. The number of alkyl halides is 6. The van der Waals surface area contributed by atoms with Crippen LogP contribution in [-0.2, 0) is 46.5 Å². The molecule has 4 N–H and O–H groups in total. The van der Waals surface area contributed by atoms with Crippen LogP contribution in [0, 0.1) is 0 Å². The van der Waals surface area contributed by atoms with Gasteiger partial charge < -0.3 is 44.5 Å². The smallest absolute Gasteiger partial charge is 0.471 e. The van der Waals surface area contributed by atoms with Crippen LogP contribution in [0.2, 0.25) is 0 Å². The molecule has 2 saturated heterocycles. The van der Waals surface area contributed by atoms with Gasteiger partial charge in [0.05, 0.1) is 55.8 Å². The zero-order valence-corrected chi connectivity index (χ0v) is 32.1. The van der Waals surface area contributed by atoms with Crippen LogP contribution in [0.15, 0.2) is 66.7 Å². The van der Waals surface area contributed by atoms with E-state index < -0.39 is 108 Å². The minimum Gasteiger partial charge on any atom is -0.507 e. The van der Waals surface area contributed by atoms with Gasteiger partial charge in [-0.3, -0.25) is 9.59 Å². The Morgan fingerprint density at radius 2 is 1.07 bits per heavy atom. The maximum atomic E-state index is 13.7. The van der Waals surface area contributed by atoms with E-state index in [1.165, 1.54) is 27.7 Å². The second-order valence-electron chi connectivity index (χ2n) is 14.9. The van der Waals surface area contributed by atoms with Crippen LogP contribution in [0.5, 0.6) is 11.5 Å². The fourth-order valence-electron chi connectivity index (χ4n) is 7.72. The maximum Gasteiger partial charge on any atom is 0.471 e. The molecule has 2 amide bonds. The molecule has 2 aliphatic heterocycles. The quantitative estimate of drug-likeness (QED) is 0.122. The summed E-state index contributed by atoms with van der Waals surface area (Å²) >= 11 is 0. The van der Waals surface area contributed by atoms with Crippen LogP contribution < -0.4 is 10.6 Å². The Balaban J connectivity index is 1.56. The lowest BCUT2D eigenvalue weighted by Gasteiger charge is -2.49. The van der Waals surface area contributed by atoms with Crippen molar-refractivity contribution in [3.63, 3.8) is 0 Å². The summed E-state index contributed by atoms with van der Waals surface area (Å²) in [6.07, 6.45) is -19.0. The molecule has 2 unspecified atom stereocenters. The molecule has 0 radical (unpaired) electrons. The summed E-state index contributed by atoms with van der Waals surface area (Å²) in [6.45, 7) is 5.37. The van der Waals surface area contributed by atoms with Gasteiger partial charge in [0, 0.05) is 24.0 Å². The third kappa shape index (κ3) is 9.68. The third-order valence-electron chi connectivity index (χ3n) is 10.4. The van der Waals surface area contributed by atoms with Crippen LogP contribution in [0.4, 0.5) is 26.3 Å². The molecule has 0 saturated carbocycles. The second-order valence-corrected chi connectivity index (χ2v) is 14.9. The number of aromatic hydroxyl groups is 2. The molecule has 2 heterocycles. The van der Waals surface area contributed by atoms with Crippen LogP contribution in [0.3, 0.4) is 0 Å². The number of esters is 1. The van der Waals surface area contributed by atoms with Crippen LogP contribution in [0.1, 0.15) is 85.4 Å². The number of phenols is 2. The fourth-order valence-corrected chi connectivity index (χ4v) is 7.72.